The number of carbonyl (C=O) groups excluding carboxylic acids is 1. The number of carbonyl (C=O) groups is 1. The number of benzene rings is 1. The van der Waals surface area contributed by atoms with Crippen LogP contribution in [0.1, 0.15) is 20.8 Å². The van der Waals surface area contributed by atoms with E-state index in [-0.39, 0.29) is 11.2 Å². The third-order valence-electron chi connectivity index (χ3n) is 2.85. The summed E-state index contributed by atoms with van der Waals surface area (Å²) in [5.74, 6) is 1.17. The van der Waals surface area contributed by atoms with Crippen LogP contribution in [0.25, 0.3) is 11.4 Å². The van der Waals surface area contributed by atoms with E-state index >= 15 is 0 Å². The molecule has 5 nitrogen and oxygen atoms in total. The van der Waals surface area contributed by atoms with E-state index in [1.54, 1.807) is 0 Å². The van der Waals surface area contributed by atoms with Crippen molar-refractivity contribution >= 4 is 17.7 Å². The number of hydrogen-bond acceptors (Lipinski definition) is 4. The Labute approximate surface area is 128 Å². The molecule has 1 heterocycles. The van der Waals surface area contributed by atoms with Crippen LogP contribution in [-0.2, 0) is 4.79 Å². The number of thioether (sulfide) groups is 1. The van der Waals surface area contributed by atoms with Crippen molar-refractivity contribution in [1.82, 2.24) is 20.5 Å². The summed E-state index contributed by atoms with van der Waals surface area (Å²) < 4.78 is 0. The first kappa shape index (κ1) is 15.6. The van der Waals surface area contributed by atoms with E-state index in [2.05, 4.69) is 34.3 Å². The van der Waals surface area contributed by atoms with Gasteiger partial charge in [-0.25, -0.2) is 4.98 Å². The van der Waals surface area contributed by atoms with Crippen molar-refractivity contribution in [1.29, 1.82) is 0 Å². The molecule has 1 aromatic heterocycles. The van der Waals surface area contributed by atoms with Crippen LogP contribution >= 0.6 is 11.8 Å². The summed E-state index contributed by atoms with van der Waals surface area (Å²) in [6, 6.07) is 9.79. The smallest absolute Gasteiger partial charge is 0.233 e. The van der Waals surface area contributed by atoms with Gasteiger partial charge >= 0.3 is 0 Å². The largest absolute Gasteiger partial charge is 0.355 e. The van der Waals surface area contributed by atoms with Crippen LogP contribution in [0.3, 0.4) is 0 Å². The Balaban J connectivity index is 1.95. The van der Waals surface area contributed by atoms with E-state index in [1.807, 2.05) is 37.3 Å². The lowest BCUT2D eigenvalue weighted by Crippen LogP contribution is -2.33. The topological polar surface area (TPSA) is 70.7 Å². The molecule has 0 aliphatic rings. The summed E-state index contributed by atoms with van der Waals surface area (Å²) in [6.07, 6.45) is 0. The van der Waals surface area contributed by atoms with Gasteiger partial charge in [-0.1, -0.05) is 55.9 Å². The van der Waals surface area contributed by atoms with Gasteiger partial charge in [0, 0.05) is 12.1 Å². The average molecular weight is 304 g/mol. The van der Waals surface area contributed by atoms with Gasteiger partial charge in [0.1, 0.15) is 0 Å². The first-order valence-corrected chi connectivity index (χ1v) is 7.86. The summed E-state index contributed by atoms with van der Waals surface area (Å²) >= 11 is 1.35. The van der Waals surface area contributed by atoms with Crippen LogP contribution in [0.5, 0.6) is 0 Å². The molecule has 0 radical (unpaired) electrons. The molecule has 0 saturated heterocycles. The van der Waals surface area contributed by atoms with E-state index in [4.69, 9.17) is 0 Å². The Morgan fingerprint density at radius 2 is 2.00 bits per heavy atom. The van der Waals surface area contributed by atoms with Crippen molar-refractivity contribution in [2.24, 2.45) is 5.92 Å². The summed E-state index contributed by atoms with van der Waals surface area (Å²) in [5, 5.41) is 10.3. The van der Waals surface area contributed by atoms with Crippen LogP contribution in [0, 0.1) is 5.92 Å². The summed E-state index contributed by atoms with van der Waals surface area (Å²) in [7, 11) is 0. The van der Waals surface area contributed by atoms with Gasteiger partial charge in [-0.15, -0.1) is 5.10 Å². The lowest BCUT2D eigenvalue weighted by atomic mass is 10.2. The standard InChI is InChI=1S/C15H20N4OS/c1-10(2)9-16-14(20)11(3)21-15-17-13(18-19-15)12-7-5-4-6-8-12/h4-8,10-11H,9H2,1-3H3,(H,16,20)(H,17,18,19)/t11-/m0/s1. The molecule has 0 spiro atoms. The average Bonchev–Trinajstić information content (AvgIpc) is 2.94. The van der Waals surface area contributed by atoms with Crippen molar-refractivity contribution in [2.75, 3.05) is 6.54 Å². The molecule has 0 aliphatic heterocycles. The van der Waals surface area contributed by atoms with Crippen molar-refractivity contribution in [3.05, 3.63) is 30.3 Å². The summed E-state index contributed by atoms with van der Waals surface area (Å²) in [5.41, 5.74) is 0.980. The SMILES string of the molecule is CC(C)CNC(=O)[C@H](C)Sc1n[nH]c(-c2ccccc2)n1. The van der Waals surface area contributed by atoms with Crippen molar-refractivity contribution in [3.63, 3.8) is 0 Å². The molecular weight excluding hydrogens is 284 g/mol. The molecule has 0 unspecified atom stereocenters. The number of nitrogens with one attached hydrogen (secondary N) is 2. The van der Waals surface area contributed by atoms with Gasteiger partial charge in [0.05, 0.1) is 5.25 Å². The maximum atomic E-state index is 11.9. The van der Waals surface area contributed by atoms with Gasteiger partial charge in [-0.2, -0.15) is 0 Å². The number of aromatic nitrogens is 3. The molecule has 21 heavy (non-hydrogen) atoms. The number of H-pyrrole nitrogens is 1. The fourth-order valence-electron chi connectivity index (χ4n) is 1.68. The zero-order valence-corrected chi connectivity index (χ0v) is 13.3. The highest BCUT2D eigenvalue weighted by Crippen LogP contribution is 2.22. The van der Waals surface area contributed by atoms with Crippen molar-refractivity contribution < 1.29 is 4.79 Å². The van der Waals surface area contributed by atoms with Crippen molar-refractivity contribution in [3.8, 4) is 11.4 Å². The molecular formula is C15H20N4OS. The Hall–Kier alpha value is -1.82. The Morgan fingerprint density at radius 3 is 2.67 bits per heavy atom. The number of amides is 1. The molecule has 0 saturated carbocycles. The minimum atomic E-state index is -0.219. The third kappa shape index (κ3) is 4.60. The lowest BCUT2D eigenvalue weighted by Gasteiger charge is -2.11. The molecule has 1 atom stereocenters. The van der Waals surface area contributed by atoms with E-state index in [0.29, 0.717) is 23.4 Å². The van der Waals surface area contributed by atoms with E-state index in [0.717, 1.165) is 5.56 Å². The summed E-state index contributed by atoms with van der Waals surface area (Å²) in [4.78, 5) is 16.3. The Kier molecular flexibility index (Phi) is 5.38. The molecule has 0 aliphatic carbocycles. The predicted octanol–water partition coefficient (Wildman–Crippen LogP) is 2.72. The second kappa shape index (κ2) is 7.26. The molecule has 1 aromatic carbocycles. The molecule has 2 aromatic rings. The number of aromatic amines is 1. The quantitative estimate of drug-likeness (QED) is 0.805. The number of rotatable bonds is 6. The van der Waals surface area contributed by atoms with Crippen molar-refractivity contribution in [2.45, 2.75) is 31.2 Å². The maximum absolute atomic E-state index is 11.9. The van der Waals surface area contributed by atoms with Crippen LogP contribution in [0.4, 0.5) is 0 Å². The van der Waals surface area contributed by atoms with Gasteiger partial charge in [0.15, 0.2) is 5.82 Å². The molecule has 112 valence electrons. The first-order valence-electron chi connectivity index (χ1n) is 6.98. The normalized spacial score (nSPS) is 12.4. The zero-order valence-electron chi connectivity index (χ0n) is 12.5. The van der Waals surface area contributed by atoms with E-state index < -0.39 is 0 Å². The van der Waals surface area contributed by atoms with E-state index in [9.17, 15) is 4.79 Å². The van der Waals surface area contributed by atoms with Gasteiger partial charge in [-0.3, -0.25) is 9.89 Å². The Morgan fingerprint density at radius 1 is 1.29 bits per heavy atom. The number of hydrogen-bond donors (Lipinski definition) is 2. The minimum Gasteiger partial charge on any atom is -0.355 e. The van der Waals surface area contributed by atoms with Crippen LogP contribution in [-0.4, -0.2) is 32.9 Å². The highest BCUT2D eigenvalue weighted by Gasteiger charge is 2.17. The molecule has 1 amide bonds. The third-order valence-corrected chi connectivity index (χ3v) is 3.81. The van der Waals surface area contributed by atoms with E-state index in [1.165, 1.54) is 11.8 Å². The Bertz CT molecular complexity index is 582. The first-order chi connectivity index (χ1) is 10.1. The van der Waals surface area contributed by atoms with Crippen LogP contribution in [0.15, 0.2) is 35.5 Å². The van der Waals surface area contributed by atoms with Gasteiger partial charge < -0.3 is 5.32 Å². The van der Waals surface area contributed by atoms with Gasteiger partial charge in [-0.05, 0) is 12.8 Å². The monoisotopic (exact) mass is 304 g/mol. The van der Waals surface area contributed by atoms with Crippen LogP contribution < -0.4 is 5.32 Å². The van der Waals surface area contributed by atoms with Gasteiger partial charge in [0.2, 0.25) is 11.1 Å². The lowest BCUT2D eigenvalue weighted by molar-refractivity contribution is -0.120. The zero-order chi connectivity index (χ0) is 15.2. The number of nitrogens with zero attached hydrogens (tertiary/aromatic N) is 2. The van der Waals surface area contributed by atoms with Crippen LogP contribution in [0.2, 0.25) is 0 Å². The maximum Gasteiger partial charge on any atom is 0.233 e. The second-order valence-electron chi connectivity index (χ2n) is 5.23. The predicted molar refractivity (Wildman–Crippen MR) is 85.0 cm³/mol. The molecule has 2 N–H and O–H groups in total. The fourth-order valence-corrected chi connectivity index (χ4v) is 2.43. The second-order valence-corrected chi connectivity index (χ2v) is 6.54. The summed E-state index contributed by atoms with van der Waals surface area (Å²) in [6.45, 7) is 6.69. The fraction of sp³-hybridized carbons (Fsp3) is 0.400. The van der Waals surface area contributed by atoms with Gasteiger partial charge in [0.25, 0.3) is 0 Å². The highest BCUT2D eigenvalue weighted by atomic mass is 32.2. The molecule has 6 heteroatoms. The molecule has 0 fully saturated rings. The minimum absolute atomic E-state index is 0.0137. The molecule has 2 rings (SSSR count). The highest BCUT2D eigenvalue weighted by molar-refractivity contribution is 8.00. The molecule has 0 bridgehead atoms.